The molecule has 1 unspecified atom stereocenters. The Kier molecular flexibility index (Phi) is 9.35. The summed E-state index contributed by atoms with van der Waals surface area (Å²) in [5.74, 6) is 0.598. The van der Waals surface area contributed by atoms with E-state index in [1.54, 1.807) is 0 Å². The highest BCUT2D eigenvalue weighted by atomic mass is 16.3. The Hall–Kier alpha value is -0.120. The molecule has 0 spiro atoms. The van der Waals surface area contributed by atoms with E-state index in [4.69, 9.17) is 5.73 Å². The average Bonchev–Trinajstić information content (AvgIpc) is 2.10. The van der Waals surface area contributed by atoms with Crippen LogP contribution in [-0.4, -0.2) is 30.8 Å². The summed E-state index contributed by atoms with van der Waals surface area (Å²) in [7, 11) is 0. The smallest absolute Gasteiger partial charge is 0.0542 e. The standard InChI is InChI=1S/C11H26N2O/c1-10(2)9-11(14)5-3-4-7-13-8-6-12/h10-11,13-14H,3-9,12H2,1-2H3. The van der Waals surface area contributed by atoms with Crippen molar-refractivity contribution in [3.63, 3.8) is 0 Å². The van der Waals surface area contributed by atoms with Gasteiger partial charge in [-0.1, -0.05) is 13.8 Å². The fraction of sp³-hybridized carbons (Fsp3) is 1.00. The second-order valence-electron chi connectivity index (χ2n) is 4.32. The number of aliphatic hydroxyl groups excluding tert-OH is 1. The maximum atomic E-state index is 9.58. The van der Waals surface area contributed by atoms with Crippen molar-refractivity contribution in [3.05, 3.63) is 0 Å². The van der Waals surface area contributed by atoms with Gasteiger partial charge in [0.25, 0.3) is 0 Å². The van der Waals surface area contributed by atoms with Crippen molar-refractivity contribution in [1.29, 1.82) is 0 Å². The lowest BCUT2D eigenvalue weighted by Gasteiger charge is -2.12. The van der Waals surface area contributed by atoms with E-state index in [-0.39, 0.29) is 6.10 Å². The summed E-state index contributed by atoms with van der Waals surface area (Å²) in [6, 6.07) is 0. The molecule has 0 aliphatic rings. The van der Waals surface area contributed by atoms with Gasteiger partial charge < -0.3 is 16.2 Å². The Morgan fingerprint density at radius 1 is 1.21 bits per heavy atom. The summed E-state index contributed by atoms with van der Waals surface area (Å²) >= 11 is 0. The largest absolute Gasteiger partial charge is 0.393 e. The van der Waals surface area contributed by atoms with Crippen molar-refractivity contribution in [1.82, 2.24) is 5.32 Å². The van der Waals surface area contributed by atoms with Gasteiger partial charge in [-0.15, -0.1) is 0 Å². The van der Waals surface area contributed by atoms with Gasteiger partial charge in [-0.3, -0.25) is 0 Å². The molecular weight excluding hydrogens is 176 g/mol. The number of hydrogen-bond acceptors (Lipinski definition) is 3. The normalized spacial score (nSPS) is 13.5. The van der Waals surface area contributed by atoms with Gasteiger partial charge in [0.05, 0.1) is 6.10 Å². The molecule has 0 aromatic rings. The van der Waals surface area contributed by atoms with Crippen LogP contribution in [0.4, 0.5) is 0 Å². The zero-order valence-electron chi connectivity index (χ0n) is 9.63. The molecule has 3 heteroatoms. The van der Waals surface area contributed by atoms with E-state index in [0.717, 1.165) is 38.8 Å². The van der Waals surface area contributed by atoms with Crippen LogP contribution in [0.25, 0.3) is 0 Å². The van der Waals surface area contributed by atoms with Gasteiger partial charge in [-0.2, -0.15) is 0 Å². The molecule has 0 aliphatic carbocycles. The molecule has 0 saturated carbocycles. The maximum Gasteiger partial charge on any atom is 0.0542 e. The third-order valence-electron chi connectivity index (χ3n) is 2.21. The number of hydrogen-bond donors (Lipinski definition) is 3. The quantitative estimate of drug-likeness (QED) is 0.491. The SMILES string of the molecule is CC(C)CC(O)CCCCNCCN. The minimum absolute atomic E-state index is 0.107. The maximum absolute atomic E-state index is 9.58. The molecule has 0 fully saturated rings. The molecule has 4 N–H and O–H groups in total. The third kappa shape index (κ3) is 9.96. The van der Waals surface area contributed by atoms with E-state index < -0.39 is 0 Å². The predicted molar refractivity (Wildman–Crippen MR) is 61.2 cm³/mol. The minimum atomic E-state index is -0.107. The van der Waals surface area contributed by atoms with E-state index in [0.29, 0.717) is 12.5 Å². The van der Waals surface area contributed by atoms with Crippen molar-refractivity contribution in [2.24, 2.45) is 11.7 Å². The summed E-state index contributed by atoms with van der Waals surface area (Å²) in [5, 5.41) is 12.8. The number of nitrogens with one attached hydrogen (secondary N) is 1. The van der Waals surface area contributed by atoms with Gasteiger partial charge >= 0.3 is 0 Å². The number of rotatable bonds is 9. The van der Waals surface area contributed by atoms with Crippen LogP contribution in [0, 0.1) is 5.92 Å². The summed E-state index contributed by atoms with van der Waals surface area (Å²) in [6.07, 6.45) is 3.99. The molecule has 0 saturated heterocycles. The molecule has 0 bridgehead atoms. The lowest BCUT2D eigenvalue weighted by atomic mass is 10.0. The first kappa shape index (κ1) is 13.9. The second kappa shape index (κ2) is 9.44. The van der Waals surface area contributed by atoms with Crippen LogP contribution >= 0.6 is 0 Å². The average molecular weight is 202 g/mol. The Morgan fingerprint density at radius 2 is 1.93 bits per heavy atom. The fourth-order valence-electron chi connectivity index (χ4n) is 1.52. The molecule has 0 amide bonds. The number of aliphatic hydroxyl groups is 1. The molecule has 0 aromatic carbocycles. The zero-order valence-corrected chi connectivity index (χ0v) is 9.63. The molecule has 0 heterocycles. The first-order chi connectivity index (χ1) is 6.66. The van der Waals surface area contributed by atoms with Crippen LogP contribution in [0.3, 0.4) is 0 Å². The van der Waals surface area contributed by atoms with Crippen LogP contribution in [-0.2, 0) is 0 Å². The highest BCUT2D eigenvalue weighted by molar-refractivity contribution is 4.59. The van der Waals surface area contributed by atoms with Gasteiger partial charge in [0.1, 0.15) is 0 Å². The van der Waals surface area contributed by atoms with E-state index >= 15 is 0 Å². The van der Waals surface area contributed by atoms with Crippen LogP contribution in [0.5, 0.6) is 0 Å². The van der Waals surface area contributed by atoms with Gasteiger partial charge in [0, 0.05) is 13.1 Å². The monoisotopic (exact) mass is 202 g/mol. The van der Waals surface area contributed by atoms with Crippen molar-refractivity contribution in [3.8, 4) is 0 Å². The molecular formula is C11H26N2O. The van der Waals surface area contributed by atoms with Gasteiger partial charge in [0.15, 0.2) is 0 Å². The van der Waals surface area contributed by atoms with Gasteiger partial charge in [-0.25, -0.2) is 0 Å². The van der Waals surface area contributed by atoms with E-state index in [2.05, 4.69) is 19.2 Å². The molecule has 3 nitrogen and oxygen atoms in total. The van der Waals surface area contributed by atoms with Gasteiger partial charge in [0.2, 0.25) is 0 Å². The predicted octanol–water partition coefficient (Wildman–Crippen LogP) is 1.11. The number of nitrogens with two attached hydrogens (primary N) is 1. The van der Waals surface area contributed by atoms with Crippen LogP contribution < -0.4 is 11.1 Å². The van der Waals surface area contributed by atoms with Crippen molar-refractivity contribution < 1.29 is 5.11 Å². The molecule has 0 aromatic heterocycles. The van der Waals surface area contributed by atoms with Gasteiger partial charge in [-0.05, 0) is 38.1 Å². The minimum Gasteiger partial charge on any atom is -0.393 e. The summed E-state index contributed by atoms with van der Waals surface area (Å²) in [4.78, 5) is 0. The summed E-state index contributed by atoms with van der Waals surface area (Å²) in [6.45, 7) is 6.91. The molecule has 14 heavy (non-hydrogen) atoms. The molecule has 0 radical (unpaired) electrons. The van der Waals surface area contributed by atoms with Crippen molar-refractivity contribution >= 4 is 0 Å². The Morgan fingerprint density at radius 3 is 2.50 bits per heavy atom. The number of unbranched alkanes of at least 4 members (excludes halogenated alkanes) is 1. The lowest BCUT2D eigenvalue weighted by Crippen LogP contribution is -2.23. The highest BCUT2D eigenvalue weighted by Gasteiger charge is 2.05. The third-order valence-corrected chi connectivity index (χ3v) is 2.21. The molecule has 1 atom stereocenters. The van der Waals surface area contributed by atoms with E-state index in [1.165, 1.54) is 0 Å². The Labute approximate surface area is 88.1 Å². The lowest BCUT2D eigenvalue weighted by molar-refractivity contribution is 0.136. The molecule has 0 aliphatic heterocycles. The fourth-order valence-corrected chi connectivity index (χ4v) is 1.52. The van der Waals surface area contributed by atoms with Crippen molar-refractivity contribution in [2.45, 2.75) is 45.6 Å². The van der Waals surface area contributed by atoms with Crippen LogP contribution in [0.15, 0.2) is 0 Å². The molecule has 0 rings (SSSR count). The van der Waals surface area contributed by atoms with Crippen LogP contribution in [0.2, 0.25) is 0 Å². The first-order valence-electron chi connectivity index (χ1n) is 5.75. The summed E-state index contributed by atoms with van der Waals surface area (Å²) < 4.78 is 0. The highest BCUT2D eigenvalue weighted by Crippen LogP contribution is 2.10. The first-order valence-corrected chi connectivity index (χ1v) is 5.75. The van der Waals surface area contributed by atoms with Crippen LogP contribution in [0.1, 0.15) is 39.5 Å². The van der Waals surface area contributed by atoms with E-state index in [9.17, 15) is 5.11 Å². The van der Waals surface area contributed by atoms with E-state index in [1.807, 2.05) is 0 Å². The summed E-state index contributed by atoms with van der Waals surface area (Å²) in [5.41, 5.74) is 5.34. The zero-order chi connectivity index (χ0) is 10.8. The Bertz CT molecular complexity index is 118. The Balaban J connectivity index is 3.10. The van der Waals surface area contributed by atoms with Crippen molar-refractivity contribution in [2.75, 3.05) is 19.6 Å². The topological polar surface area (TPSA) is 58.3 Å². The second-order valence-corrected chi connectivity index (χ2v) is 4.32. The molecule has 86 valence electrons.